The minimum Gasteiger partial charge on any atom is -0.744 e. The Kier molecular flexibility index (Phi) is 8.40. The van der Waals surface area contributed by atoms with Crippen LogP contribution in [0.3, 0.4) is 0 Å². The Morgan fingerprint density at radius 3 is 2.45 bits per heavy atom. The van der Waals surface area contributed by atoms with E-state index in [9.17, 15) is 17.5 Å². The van der Waals surface area contributed by atoms with Crippen LogP contribution in [0, 0.1) is 0 Å². The number of phosphoric ester groups is 1. The van der Waals surface area contributed by atoms with Gasteiger partial charge in [0.1, 0.15) is 33.9 Å². The topological polar surface area (TPSA) is 114 Å². The number of ether oxygens (including phenoxy) is 1. The summed E-state index contributed by atoms with van der Waals surface area (Å²) in [5.74, 6) is 1.70. The normalized spacial score (nSPS) is 18.0. The zero-order chi connectivity index (χ0) is 30.3. The maximum Gasteiger partial charge on any atom is 0.530 e. The molecule has 3 aliphatic rings. The fourth-order valence-corrected chi connectivity index (χ4v) is 7.45. The third-order valence-corrected chi connectivity index (χ3v) is 10.1. The first-order chi connectivity index (χ1) is 19.9. The lowest BCUT2D eigenvalue weighted by Gasteiger charge is -2.27. The van der Waals surface area contributed by atoms with E-state index in [1.165, 1.54) is 12.1 Å². The SMILES string of the molecule is CCOP(=O)(OCC)Oc1ccc2c(c1)OC1=C(/C=C/C3=[N+](CC)c4ccc(S(=O)(=O)[O-])cc4C3(C)C)CCCC1=C2. The average molecular weight is 614 g/mol. The average Bonchev–Trinajstić information content (AvgIpc) is 3.15. The Bertz CT molecular complexity index is 1690. The van der Waals surface area contributed by atoms with Crippen molar-refractivity contribution >= 4 is 35.4 Å². The van der Waals surface area contributed by atoms with Crippen molar-refractivity contribution in [1.29, 1.82) is 0 Å². The molecular formula is C31H36NO8PS. The van der Waals surface area contributed by atoms with Gasteiger partial charge in [0.05, 0.1) is 23.5 Å². The highest BCUT2D eigenvalue weighted by molar-refractivity contribution is 7.85. The predicted octanol–water partition coefficient (Wildman–Crippen LogP) is 7.02. The van der Waals surface area contributed by atoms with Crippen LogP contribution in [0.25, 0.3) is 6.08 Å². The summed E-state index contributed by atoms with van der Waals surface area (Å²) in [5.41, 5.74) is 5.21. The molecule has 0 bridgehead atoms. The number of hydrogen-bond donors (Lipinski definition) is 0. The summed E-state index contributed by atoms with van der Waals surface area (Å²) in [6, 6.07) is 9.88. The third-order valence-electron chi connectivity index (χ3n) is 7.70. The Morgan fingerprint density at radius 1 is 1.05 bits per heavy atom. The maximum atomic E-state index is 12.9. The van der Waals surface area contributed by atoms with Crippen LogP contribution >= 0.6 is 7.82 Å². The molecule has 0 aromatic heterocycles. The molecule has 0 atom stereocenters. The summed E-state index contributed by atoms with van der Waals surface area (Å²) < 4.78 is 72.9. The number of allylic oxidation sites excluding steroid dienone is 4. The van der Waals surface area contributed by atoms with Gasteiger partial charge in [0.25, 0.3) is 0 Å². The van der Waals surface area contributed by atoms with Gasteiger partial charge in [-0.2, -0.15) is 4.58 Å². The highest BCUT2D eigenvalue weighted by atomic mass is 32.2. The lowest BCUT2D eigenvalue weighted by Crippen LogP contribution is -2.27. The Balaban J connectivity index is 1.48. The van der Waals surface area contributed by atoms with Crippen LogP contribution in [0.5, 0.6) is 11.5 Å². The molecule has 5 rings (SSSR count). The molecule has 224 valence electrons. The molecule has 0 saturated carbocycles. The van der Waals surface area contributed by atoms with Crippen molar-refractivity contribution in [2.45, 2.75) is 64.2 Å². The first-order valence-electron chi connectivity index (χ1n) is 14.2. The van der Waals surface area contributed by atoms with E-state index in [-0.39, 0.29) is 18.1 Å². The standard InChI is InChI=1S/C31H36NO8PS/c1-6-32-27-16-15-25(42(34,35)36)20-26(27)31(4,5)29(32)17-13-21-10-9-11-23-18-22-12-14-24(19-28(22)39-30(21)23)40-41(33,37-7-2)38-8-3/h12-20H,6-11H2,1-5H3/b17-13+. The van der Waals surface area contributed by atoms with E-state index in [2.05, 4.69) is 22.8 Å². The number of hydrogen-bond acceptors (Lipinski definition) is 8. The highest BCUT2D eigenvalue weighted by Gasteiger charge is 2.44. The van der Waals surface area contributed by atoms with Gasteiger partial charge >= 0.3 is 7.82 Å². The second-order valence-corrected chi connectivity index (χ2v) is 13.7. The molecule has 2 aliphatic heterocycles. The van der Waals surface area contributed by atoms with Crippen molar-refractivity contribution in [3.63, 3.8) is 0 Å². The van der Waals surface area contributed by atoms with Crippen molar-refractivity contribution in [1.82, 2.24) is 0 Å². The molecular weight excluding hydrogens is 577 g/mol. The lowest BCUT2D eigenvalue weighted by molar-refractivity contribution is -0.433. The molecule has 1 aliphatic carbocycles. The van der Waals surface area contributed by atoms with Gasteiger partial charge in [-0.3, -0.25) is 9.05 Å². The lowest BCUT2D eigenvalue weighted by atomic mass is 9.81. The summed E-state index contributed by atoms with van der Waals surface area (Å²) in [4.78, 5) is -0.223. The molecule has 9 nitrogen and oxygen atoms in total. The Morgan fingerprint density at radius 2 is 1.79 bits per heavy atom. The second-order valence-electron chi connectivity index (χ2n) is 10.8. The fourth-order valence-electron chi connectivity index (χ4n) is 5.77. The van der Waals surface area contributed by atoms with Gasteiger partial charge in [0.15, 0.2) is 5.71 Å². The van der Waals surface area contributed by atoms with Crippen LogP contribution in [0.1, 0.15) is 65.0 Å². The van der Waals surface area contributed by atoms with Crippen molar-refractivity contribution in [3.8, 4) is 11.5 Å². The number of phosphoric acid groups is 1. The number of fused-ring (bicyclic) bond motifs is 3. The molecule has 2 aromatic carbocycles. The van der Waals surface area contributed by atoms with Gasteiger partial charge in [-0.15, -0.1) is 0 Å². The minimum atomic E-state index is -4.57. The van der Waals surface area contributed by atoms with Crippen LogP contribution in [0.15, 0.2) is 70.4 Å². The third kappa shape index (κ3) is 5.79. The number of rotatable bonds is 10. The zero-order valence-corrected chi connectivity index (χ0v) is 26.2. The van der Waals surface area contributed by atoms with Gasteiger partial charge in [0, 0.05) is 29.3 Å². The smallest absolute Gasteiger partial charge is 0.530 e. The van der Waals surface area contributed by atoms with Crippen LogP contribution in [-0.4, -0.2) is 43.0 Å². The molecule has 0 radical (unpaired) electrons. The molecule has 0 amide bonds. The zero-order valence-electron chi connectivity index (χ0n) is 24.5. The van der Waals surface area contributed by atoms with Crippen molar-refractivity contribution in [2.75, 3.05) is 19.8 Å². The van der Waals surface area contributed by atoms with E-state index in [4.69, 9.17) is 18.3 Å². The number of benzene rings is 2. The second kappa shape index (κ2) is 11.6. The molecule has 42 heavy (non-hydrogen) atoms. The Hall–Kier alpha value is -3.01. The quantitative estimate of drug-likeness (QED) is 0.160. The maximum absolute atomic E-state index is 12.9. The Labute approximate surface area is 247 Å². The largest absolute Gasteiger partial charge is 0.744 e. The van der Waals surface area contributed by atoms with E-state index in [1.54, 1.807) is 32.0 Å². The molecule has 0 unspecified atom stereocenters. The first kappa shape index (κ1) is 30.4. The summed E-state index contributed by atoms with van der Waals surface area (Å²) in [7, 11) is -8.32. The van der Waals surface area contributed by atoms with Gasteiger partial charge in [0.2, 0.25) is 5.69 Å². The van der Waals surface area contributed by atoms with Crippen LogP contribution in [0.2, 0.25) is 0 Å². The highest BCUT2D eigenvalue weighted by Crippen LogP contribution is 2.51. The molecule has 0 fully saturated rings. The first-order valence-corrected chi connectivity index (χ1v) is 17.0. The van der Waals surface area contributed by atoms with Crippen molar-refractivity contribution < 1.29 is 40.4 Å². The van der Waals surface area contributed by atoms with Crippen molar-refractivity contribution in [2.24, 2.45) is 0 Å². The monoisotopic (exact) mass is 613 g/mol. The van der Waals surface area contributed by atoms with Crippen LogP contribution in [0.4, 0.5) is 5.69 Å². The van der Waals surface area contributed by atoms with E-state index in [0.717, 1.165) is 58.7 Å². The molecule has 0 spiro atoms. The molecule has 0 N–H and O–H groups in total. The summed E-state index contributed by atoms with van der Waals surface area (Å²) in [6.45, 7) is 10.6. The van der Waals surface area contributed by atoms with E-state index < -0.39 is 23.4 Å². The molecule has 0 saturated heterocycles. The van der Waals surface area contributed by atoms with Crippen LogP contribution in [-0.2, 0) is 29.1 Å². The van der Waals surface area contributed by atoms with Crippen LogP contribution < -0.4 is 9.26 Å². The predicted molar refractivity (Wildman–Crippen MR) is 159 cm³/mol. The van der Waals surface area contributed by atoms with Gasteiger partial charge in [-0.05, 0) is 101 Å². The van der Waals surface area contributed by atoms with Gasteiger partial charge in [-0.1, -0.05) is 0 Å². The van der Waals surface area contributed by atoms with E-state index in [0.29, 0.717) is 18.0 Å². The fraction of sp³-hybridized carbons (Fsp3) is 0.387. The molecule has 2 aromatic rings. The summed E-state index contributed by atoms with van der Waals surface area (Å²) in [5, 5.41) is 0. The van der Waals surface area contributed by atoms with Crippen molar-refractivity contribution in [3.05, 3.63) is 76.6 Å². The number of nitrogens with zero attached hydrogens (tertiary/aromatic N) is 1. The summed E-state index contributed by atoms with van der Waals surface area (Å²) >= 11 is 0. The van der Waals surface area contributed by atoms with E-state index in [1.807, 2.05) is 26.8 Å². The minimum absolute atomic E-state index is 0.183. The van der Waals surface area contributed by atoms with Gasteiger partial charge < -0.3 is 13.8 Å². The molecule has 11 heteroatoms. The molecule has 2 heterocycles. The summed E-state index contributed by atoms with van der Waals surface area (Å²) in [6.07, 6.45) is 8.93. The van der Waals surface area contributed by atoms with Gasteiger partial charge in [-0.25, -0.2) is 13.0 Å². The van der Waals surface area contributed by atoms with E-state index >= 15 is 0 Å².